The Morgan fingerprint density at radius 1 is 1.13 bits per heavy atom. The van der Waals surface area contributed by atoms with E-state index >= 15 is 0 Å². The summed E-state index contributed by atoms with van der Waals surface area (Å²) in [6.45, 7) is 0.597. The van der Waals surface area contributed by atoms with Crippen molar-refractivity contribution >= 4 is 10.8 Å². The molecular formula is C12H11F2N. The molecule has 78 valence electrons. The lowest BCUT2D eigenvalue weighted by Crippen LogP contribution is -2.05. The van der Waals surface area contributed by atoms with Crippen LogP contribution in [0.3, 0.4) is 0 Å². The fourth-order valence-corrected chi connectivity index (χ4v) is 1.71. The van der Waals surface area contributed by atoms with Crippen LogP contribution < -0.4 is 5.32 Å². The topological polar surface area (TPSA) is 12.0 Å². The predicted octanol–water partition coefficient (Wildman–Crippen LogP) is 2.84. The highest BCUT2D eigenvalue weighted by Gasteiger charge is 2.06. The summed E-state index contributed by atoms with van der Waals surface area (Å²) in [6, 6.07) is 7.56. The van der Waals surface area contributed by atoms with Crippen molar-refractivity contribution in [2.45, 2.75) is 6.54 Å². The number of benzene rings is 2. The second kappa shape index (κ2) is 3.95. The van der Waals surface area contributed by atoms with Gasteiger partial charge in [0.2, 0.25) is 0 Å². The van der Waals surface area contributed by atoms with Gasteiger partial charge in [-0.25, -0.2) is 8.78 Å². The van der Waals surface area contributed by atoms with Crippen LogP contribution in [0.4, 0.5) is 8.78 Å². The maximum Gasteiger partial charge on any atom is 0.133 e. The van der Waals surface area contributed by atoms with E-state index in [-0.39, 0.29) is 0 Å². The minimum atomic E-state index is -0.538. The summed E-state index contributed by atoms with van der Waals surface area (Å²) < 4.78 is 26.5. The standard InChI is InChI=1S/C12H11F2N/c1-15-7-8-3-2-4-10-11(8)5-9(13)6-12(10)14/h2-6,15H,7H2,1H3. The molecule has 0 bridgehead atoms. The molecule has 2 rings (SSSR count). The first-order valence-electron chi connectivity index (χ1n) is 4.73. The quantitative estimate of drug-likeness (QED) is 0.798. The molecule has 0 aromatic heterocycles. The van der Waals surface area contributed by atoms with Crippen LogP contribution in [0, 0.1) is 11.6 Å². The van der Waals surface area contributed by atoms with E-state index in [2.05, 4.69) is 5.32 Å². The first-order chi connectivity index (χ1) is 7.22. The van der Waals surface area contributed by atoms with Gasteiger partial charge < -0.3 is 5.32 Å². The minimum absolute atomic E-state index is 0.462. The van der Waals surface area contributed by atoms with E-state index in [1.807, 2.05) is 6.07 Å². The van der Waals surface area contributed by atoms with Gasteiger partial charge in [0.25, 0.3) is 0 Å². The fraction of sp³-hybridized carbons (Fsp3) is 0.167. The van der Waals surface area contributed by atoms with E-state index in [1.165, 1.54) is 6.07 Å². The van der Waals surface area contributed by atoms with Crippen LogP contribution in [0.25, 0.3) is 10.8 Å². The third kappa shape index (κ3) is 1.83. The molecule has 0 spiro atoms. The van der Waals surface area contributed by atoms with Crippen LogP contribution in [0.1, 0.15) is 5.56 Å². The second-order valence-electron chi connectivity index (χ2n) is 3.43. The lowest BCUT2D eigenvalue weighted by molar-refractivity contribution is 0.592. The molecule has 2 aromatic carbocycles. The summed E-state index contributed by atoms with van der Waals surface area (Å²) >= 11 is 0. The van der Waals surface area contributed by atoms with Gasteiger partial charge in [0.15, 0.2) is 0 Å². The van der Waals surface area contributed by atoms with Crippen molar-refractivity contribution in [2.24, 2.45) is 0 Å². The molecule has 0 fully saturated rings. The van der Waals surface area contributed by atoms with E-state index in [1.54, 1.807) is 19.2 Å². The monoisotopic (exact) mass is 207 g/mol. The van der Waals surface area contributed by atoms with Gasteiger partial charge in [0.05, 0.1) is 0 Å². The van der Waals surface area contributed by atoms with Crippen molar-refractivity contribution in [1.82, 2.24) is 5.32 Å². The van der Waals surface area contributed by atoms with Crippen molar-refractivity contribution in [1.29, 1.82) is 0 Å². The van der Waals surface area contributed by atoms with E-state index in [0.717, 1.165) is 11.6 Å². The van der Waals surface area contributed by atoms with Crippen molar-refractivity contribution in [3.8, 4) is 0 Å². The number of nitrogens with one attached hydrogen (secondary N) is 1. The van der Waals surface area contributed by atoms with Crippen LogP contribution in [0.15, 0.2) is 30.3 Å². The van der Waals surface area contributed by atoms with Gasteiger partial charge in [-0.05, 0) is 24.1 Å². The smallest absolute Gasteiger partial charge is 0.133 e. The van der Waals surface area contributed by atoms with Gasteiger partial charge in [0, 0.05) is 18.0 Å². The van der Waals surface area contributed by atoms with E-state index in [0.29, 0.717) is 17.3 Å². The Kier molecular flexibility index (Phi) is 2.64. The summed E-state index contributed by atoms with van der Waals surface area (Å²) in [5, 5.41) is 4.06. The Bertz CT molecular complexity index is 494. The Hall–Kier alpha value is -1.48. The zero-order chi connectivity index (χ0) is 10.8. The third-order valence-corrected chi connectivity index (χ3v) is 2.37. The van der Waals surface area contributed by atoms with Gasteiger partial charge in [-0.1, -0.05) is 18.2 Å². The van der Waals surface area contributed by atoms with Gasteiger partial charge in [0.1, 0.15) is 11.6 Å². The van der Waals surface area contributed by atoms with Gasteiger partial charge in [-0.2, -0.15) is 0 Å². The molecule has 0 saturated heterocycles. The average molecular weight is 207 g/mol. The fourth-order valence-electron chi connectivity index (χ4n) is 1.71. The average Bonchev–Trinajstić information content (AvgIpc) is 2.19. The summed E-state index contributed by atoms with van der Waals surface area (Å²) in [4.78, 5) is 0. The molecule has 1 N–H and O–H groups in total. The lowest BCUT2D eigenvalue weighted by Gasteiger charge is -2.06. The van der Waals surface area contributed by atoms with Crippen molar-refractivity contribution in [2.75, 3.05) is 7.05 Å². The molecule has 2 aromatic rings. The highest BCUT2D eigenvalue weighted by molar-refractivity contribution is 5.86. The maximum absolute atomic E-state index is 13.4. The zero-order valence-electron chi connectivity index (χ0n) is 8.35. The highest BCUT2D eigenvalue weighted by atomic mass is 19.1. The van der Waals surface area contributed by atoms with E-state index in [4.69, 9.17) is 0 Å². The Labute approximate surface area is 86.7 Å². The van der Waals surface area contributed by atoms with Crippen LogP contribution in [0.5, 0.6) is 0 Å². The minimum Gasteiger partial charge on any atom is -0.316 e. The summed E-state index contributed by atoms with van der Waals surface area (Å²) in [7, 11) is 1.80. The number of halogens is 2. The Balaban J connectivity index is 2.73. The normalized spacial score (nSPS) is 10.9. The van der Waals surface area contributed by atoms with Crippen LogP contribution >= 0.6 is 0 Å². The zero-order valence-corrected chi connectivity index (χ0v) is 8.35. The molecule has 0 unspecified atom stereocenters. The molecule has 0 amide bonds. The second-order valence-corrected chi connectivity index (χ2v) is 3.43. The predicted molar refractivity (Wildman–Crippen MR) is 56.6 cm³/mol. The third-order valence-electron chi connectivity index (χ3n) is 2.37. The molecule has 0 heterocycles. The number of hydrogen-bond donors (Lipinski definition) is 1. The van der Waals surface area contributed by atoms with Crippen LogP contribution in [-0.2, 0) is 6.54 Å². The molecule has 0 aliphatic heterocycles. The number of hydrogen-bond acceptors (Lipinski definition) is 1. The molecule has 0 radical (unpaired) electrons. The van der Waals surface area contributed by atoms with Gasteiger partial charge in [-0.15, -0.1) is 0 Å². The highest BCUT2D eigenvalue weighted by Crippen LogP contribution is 2.22. The first kappa shape index (κ1) is 10.1. The van der Waals surface area contributed by atoms with Crippen molar-refractivity contribution < 1.29 is 8.78 Å². The van der Waals surface area contributed by atoms with Gasteiger partial charge >= 0.3 is 0 Å². The summed E-state index contributed by atoms with van der Waals surface area (Å²) in [5.41, 5.74) is 0.897. The van der Waals surface area contributed by atoms with Gasteiger partial charge in [-0.3, -0.25) is 0 Å². The largest absolute Gasteiger partial charge is 0.316 e. The Morgan fingerprint density at radius 3 is 2.67 bits per heavy atom. The lowest BCUT2D eigenvalue weighted by atomic mass is 10.0. The molecule has 0 atom stereocenters. The molecule has 0 aliphatic rings. The molecule has 3 heteroatoms. The molecule has 1 nitrogen and oxygen atoms in total. The molecule has 0 aliphatic carbocycles. The van der Waals surface area contributed by atoms with Crippen LogP contribution in [0.2, 0.25) is 0 Å². The molecule has 15 heavy (non-hydrogen) atoms. The van der Waals surface area contributed by atoms with Crippen molar-refractivity contribution in [3.63, 3.8) is 0 Å². The molecular weight excluding hydrogens is 196 g/mol. The summed E-state index contributed by atoms with van der Waals surface area (Å²) in [6.07, 6.45) is 0. The van der Waals surface area contributed by atoms with Crippen LogP contribution in [-0.4, -0.2) is 7.05 Å². The number of rotatable bonds is 2. The van der Waals surface area contributed by atoms with E-state index < -0.39 is 11.6 Å². The Morgan fingerprint density at radius 2 is 1.93 bits per heavy atom. The van der Waals surface area contributed by atoms with E-state index in [9.17, 15) is 8.78 Å². The summed E-state index contributed by atoms with van der Waals surface area (Å²) in [5.74, 6) is -1.05. The maximum atomic E-state index is 13.4. The first-order valence-corrected chi connectivity index (χ1v) is 4.73. The molecule has 0 saturated carbocycles. The number of fused-ring (bicyclic) bond motifs is 1. The SMILES string of the molecule is CNCc1cccc2c(F)cc(F)cc12. The van der Waals surface area contributed by atoms with Crippen molar-refractivity contribution in [3.05, 3.63) is 47.5 Å².